The van der Waals surface area contributed by atoms with Crippen LogP contribution in [0.25, 0.3) is 0 Å². The summed E-state index contributed by atoms with van der Waals surface area (Å²) < 4.78 is 16.0. The maximum Gasteiger partial charge on any atom is 0.223 e. The van der Waals surface area contributed by atoms with E-state index in [-0.39, 0.29) is 11.9 Å². The number of nitrogens with zero attached hydrogens (tertiary/aromatic N) is 1. The highest BCUT2D eigenvalue weighted by Crippen LogP contribution is 2.32. The molecule has 1 aliphatic rings. The molecule has 0 spiro atoms. The highest BCUT2D eigenvalue weighted by molar-refractivity contribution is 5.77. The molecule has 0 radical (unpaired) electrons. The van der Waals surface area contributed by atoms with Gasteiger partial charge in [0.2, 0.25) is 5.91 Å². The molecule has 2 aromatic rings. The van der Waals surface area contributed by atoms with Gasteiger partial charge in [0.25, 0.3) is 0 Å². The fourth-order valence-electron chi connectivity index (χ4n) is 3.99. The minimum absolute atomic E-state index is 0.135. The van der Waals surface area contributed by atoms with E-state index in [1.165, 1.54) is 12.0 Å². The van der Waals surface area contributed by atoms with Gasteiger partial charge in [-0.2, -0.15) is 0 Å². The minimum atomic E-state index is 0.135. The molecule has 29 heavy (non-hydrogen) atoms. The first kappa shape index (κ1) is 21.0. The molecule has 0 N–H and O–H groups in total. The largest absolute Gasteiger partial charge is 0.497 e. The number of likely N-dealkylation sites (tertiary alicyclic amines) is 1. The Morgan fingerprint density at radius 1 is 0.897 bits per heavy atom. The van der Waals surface area contributed by atoms with Crippen LogP contribution in [0.4, 0.5) is 0 Å². The Balaban J connectivity index is 1.72. The maximum atomic E-state index is 13.2. The summed E-state index contributed by atoms with van der Waals surface area (Å²) >= 11 is 0. The molecule has 1 heterocycles. The van der Waals surface area contributed by atoms with Gasteiger partial charge >= 0.3 is 0 Å². The van der Waals surface area contributed by atoms with Gasteiger partial charge in [-0.15, -0.1) is 0 Å². The Labute approximate surface area is 173 Å². The van der Waals surface area contributed by atoms with Crippen LogP contribution in [0.5, 0.6) is 17.2 Å². The fraction of sp³-hybridized carbons (Fsp3) is 0.458. The van der Waals surface area contributed by atoms with Crippen LogP contribution in [0.1, 0.15) is 49.3 Å². The van der Waals surface area contributed by atoms with Crippen molar-refractivity contribution in [3.05, 3.63) is 53.6 Å². The number of hydrogen-bond acceptors (Lipinski definition) is 4. The molecule has 3 rings (SSSR count). The van der Waals surface area contributed by atoms with Crippen molar-refractivity contribution in [3.63, 3.8) is 0 Å². The molecule has 1 saturated heterocycles. The monoisotopic (exact) mass is 397 g/mol. The topological polar surface area (TPSA) is 48.0 Å². The third kappa shape index (κ3) is 5.43. The normalized spacial score (nSPS) is 16.8. The number of methoxy groups -OCH3 is 3. The van der Waals surface area contributed by atoms with E-state index in [1.54, 1.807) is 21.3 Å². The summed E-state index contributed by atoms with van der Waals surface area (Å²) in [6.07, 6.45) is 5.52. The van der Waals surface area contributed by atoms with Crippen molar-refractivity contribution in [2.75, 3.05) is 27.9 Å². The molecule has 5 nitrogen and oxygen atoms in total. The van der Waals surface area contributed by atoms with Crippen LogP contribution >= 0.6 is 0 Å². The summed E-state index contributed by atoms with van der Waals surface area (Å²) in [6.45, 7) is 0.816. The van der Waals surface area contributed by atoms with E-state index in [2.05, 4.69) is 17.0 Å². The van der Waals surface area contributed by atoms with Crippen LogP contribution in [-0.2, 0) is 11.2 Å². The Morgan fingerprint density at radius 3 is 2.17 bits per heavy atom. The number of aryl methyl sites for hydroxylation is 1. The van der Waals surface area contributed by atoms with Crippen LogP contribution < -0.4 is 14.2 Å². The maximum absolute atomic E-state index is 13.2. The van der Waals surface area contributed by atoms with Gasteiger partial charge in [-0.25, -0.2) is 0 Å². The van der Waals surface area contributed by atoms with Gasteiger partial charge in [0, 0.05) is 19.0 Å². The van der Waals surface area contributed by atoms with E-state index < -0.39 is 0 Å². The molecule has 156 valence electrons. The SMILES string of the molecule is COc1ccc(C2CCCCCN2C(=O)CCc2cc(OC)cc(OC)c2)cc1. The highest BCUT2D eigenvalue weighted by Gasteiger charge is 2.26. The summed E-state index contributed by atoms with van der Waals surface area (Å²) in [7, 11) is 4.95. The lowest BCUT2D eigenvalue weighted by Gasteiger charge is -2.31. The second-order valence-corrected chi connectivity index (χ2v) is 7.45. The quantitative estimate of drug-likeness (QED) is 0.674. The molecule has 5 heteroatoms. The zero-order chi connectivity index (χ0) is 20.6. The standard InChI is InChI=1S/C24H31NO4/c1-27-20-11-9-19(10-12-20)23-7-5-4-6-14-25(23)24(26)13-8-18-15-21(28-2)17-22(16-18)29-3/h9-12,15-17,23H,4-8,13-14H2,1-3H3. The molecular weight excluding hydrogens is 366 g/mol. The van der Waals surface area contributed by atoms with E-state index in [1.807, 2.05) is 30.3 Å². The number of carbonyl (C=O) groups is 1. The lowest BCUT2D eigenvalue weighted by molar-refractivity contribution is -0.133. The van der Waals surface area contributed by atoms with Crippen molar-refractivity contribution in [2.45, 2.75) is 44.6 Å². The average molecular weight is 398 g/mol. The van der Waals surface area contributed by atoms with Crippen molar-refractivity contribution in [1.82, 2.24) is 4.90 Å². The molecule has 0 aromatic heterocycles. The molecule has 1 aliphatic heterocycles. The molecule has 1 atom stereocenters. The van der Waals surface area contributed by atoms with E-state index in [0.717, 1.165) is 48.6 Å². The lowest BCUT2D eigenvalue weighted by Crippen LogP contribution is -2.35. The number of ether oxygens (including phenoxy) is 3. The molecule has 2 aromatic carbocycles. The smallest absolute Gasteiger partial charge is 0.223 e. The molecular formula is C24H31NO4. The van der Waals surface area contributed by atoms with Gasteiger partial charge in [-0.1, -0.05) is 25.0 Å². The van der Waals surface area contributed by atoms with Gasteiger partial charge < -0.3 is 19.1 Å². The molecule has 0 saturated carbocycles. The first-order chi connectivity index (χ1) is 14.1. The predicted octanol–water partition coefficient (Wildman–Crippen LogP) is 4.79. The van der Waals surface area contributed by atoms with Gasteiger partial charge in [-0.3, -0.25) is 4.79 Å². The summed E-state index contributed by atoms with van der Waals surface area (Å²) in [6, 6.07) is 14.1. The highest BCUT2D eigenvalue weighted by atomic mass is 16.5. The van der Waals surface area contributed by atoms with Crippen molar-refractivity contribution in [2.24, 2.45) is 0 Å². The summed E-state index contributed by atoms with van der Waals surface area (Å²) in [5.41, 5.74) is 2.23. The summed E-state index contributed by atoms with van der Waals surface area (Å²) in [5, 5.41) is 0. The number of rotatable bonds is 7. The van der Waals surface area contributed by atoms with Crippen molar-refractivity contribution >= 4 is 5.91 Å². The zero-order valence-corrected chi connectivity index (χ0v) is 17.6. The molecule has 1 fully saturated rings. The van der Waals surface area contributed by atoms with E-state index in [9.17, 15) is 4.79 Å². The fourth-order valence-corrected chi connectivity index (χ4v) is 3.99. The summed E-state index contributed by atoms with van der Waals surface area (Å²) in [5.74, 6) is 2.54. The van der Waals surface area contributed by atoms with Crippen LogP contribution in [0.15, 0.2) is 42.5 Å². The lowest BCUT2D eigenvalue weighted by atomic mass is 10.00. The van der Waals surface area contributed by atoms with Crippen LogP contribution in [0, 0.1) is 0 Å². The third-order valence-electron chi connectivity index (χ3n) is 5.61. The second kappa shape index (κ2) is 10.2. The van der Waals surface area contributed by atoms with Gasteiger partial charge in [-0.05, 0) is 54.7 Å². The molecule has 0 aliphatic carbocycles. The first-order valence-corrected chi connectivity index (χ1v) is 10.3. The Bertz CT molecular complexity index is 781. The number of hydrogen-bond donors (Lipinski definition) is 0. The second-order valence-electron chi connectivity index (χ2n) is 7.45. The van der Waals surface area contributed by atoms with Gasteiger partial charge in [0.05, 0.1) is 27.4 Å². The Morgan fingerprint density at radius 2 is 1.55 bits per heavy atom. The Kier molecular flexibility index (Phi) is 7.39. The number of amides is 1. The third-order valence-corrected chi connectivity index (χ3v) is 5.61. The Hall–Kier alpha value is -2.69. The first-order valence-electron chi connectivity index (χ1n) is 10.3. The van der Waals surface area contributed by atoms with Crippen LogP contribution in [0.3, 0.4) is 0 Å². The molecule has 0 bridgehead atoms. The van der Waals surface area contributed by atoms with Gasteiger partial charge in [0.15, 0.2) is 0 Å². The van der Waals surface area contributed by atoms with Crippen molar-refractivity contribution in [1.29, 1.82) is 0 Å². The van der Waals surface area contributed by atoms with E-state index in [4.69, 9.17) is 14.2 Å². The minimum Gasteiger partial charge on any atom is -0.497 e. The molecule has 1 unspecified atom stereocenters. The van der Waals surface area contributed by atoms with E-state index in [0.29, 0.717) is 12.8 Å². The van der Waals surface area contributed by atoms with Gasteiger partial charge in [0.1, 0.15) is 17.2 Å². The van der Waals surface area contributed by atoms with Crippen LogP contribution in [-0.4, -0.2) is 38.7 Å². The number of carbonyl (C=O) groups excluding carboxylic acids is 1. The van der Waals surface area contributed by atoms with E-state index >= 15 is 0 Å². The average Bonchev–Trinajstić information content (AvgIpc) is 3.03. The van der Waals surface area contributed by atoms with Crippen molar-refractivity contribution < 1.29 is 19.0 Å². The predicted molar refractivity (Wildman–Crippen MR) is 114 cm³/mol. The molecule has 1 amide bonds. The van der Waals surface area contributed by atoms with Crippen LogP contribution in [0.2, 0.25) is 0 Å². The number of benzene rings is 2. The zero-order valence-electron chi connectivity index (χ0n) is 17.6. The van der Waals surface area contributed by atoms with Crippen molar-refractivity contribution in [3.8, 4) is 17.2 Å². The summed E-state index contributed by atoms with van der Waals surface area (Å²) in [4.78, 5) is 15.3.